The zero-order valence-electron chi connectivity index (χ0n) is 13.9. The molecule has 27 heavy (non-hydrogen) atoms. The summed E-state index contributed by atoms with van der Waals surface area (Å²) < 4.78 is 46.0. The number of fused-ring (bicyclic) bond motifs is 1. The van der Waals surface area contributed by atoms with Crippen LogP contribution in [0.4, 0.5) is 13.2 Å². The van der Waals surface area contributed by atoms with Crippen molar-refractivity contribution in [1.29, 1.82) is 0 Å². The maximum Gasteiger partial charge on any atom is 0.416 e. The van der Waals surface area contributed by atoms with Crippen molar-refractivity contribution < 1.29 is 27.5 Å². The number of rotatable bonds is 4. The van der Waals surface area contributed by atoms with E-state index in [1.807, 2.05) is 0 Å². The number of aromatic carboxylic acids is 1. The molecule has 0 bridgehead atoms. The number of benzene rings is 2. The van der Waals surface area contributed by atoms with Gasteiger partial charge in [-0.05, 0) is 54.7 Å². The summed E-state index contributed by atoms with van der Waals surface area (Å²) in [5.74, 6) is -0.402. The second kappa shape index (κ2) is 6.30. The standard InChI is InChI=1S/C20H14ClF3O3/c21-13-5-3-11(15(9-13)20(22,23)24)7-17-18(10-1-2-10)14-6-4-12(19(25)26)8-16(14)27-17/h3-6,8-10H,1-2,7H2,(H,25,26). The Morgan fingerprint density at radius 1 is 1.19 bits per heavy atom. The normalized spacial score (nSPS) is 14.7. The summed E-state index contributed by atoms with van der Waals surface area (Å²) in [5, 5.41) is 9.93. The largest absolute Gasteiger partial charge is 0.478 e. The molecule has 0 saturated heterocycles. The minimum Gasteiger partial charge on any atom is -0.478 e. The fraction of sp³-hybridized carbons (Fsp3) is 0.250. The maximum absolute atomic E-state index is 13.4. The number of hydrogen-bond donors (Lipinski definition) is 1. The Labute approximate surface area is 157 Å². The van der Waals surface area contributed by atoms with Crippen molar-refractivity contribution in [1.82, 2.24) is 0 Å². The van der Waals surface area contributed by atoms with Gasteiger partial charge in [-0.15, -0.1) is 0 Å². The second-order valence-electron chi connectivity index (χ2n) is 6.71. The van der Waals surface area contributed by atoms with Gasteiger partial charge < -0.3 is 9.52 Å². The molecule has 1 aliphatic carbocycles. The van der Waals surface area contributed by atoms with Gasteiger partial charge >= 0.3 is 12.1 Å². The van der Waals surface area contributed by atoms with Crippen LogP contribution in [-0.4, -0.2) is 11.1 Å². The first-order chi connectivity index (χ1) is 12.7. The molecule has 3 nitrogen and oxygen atoms in total. The number of furan rings is 1. The summed E-state index contributed by atoms with van der Waals surface area (Å²) in [7, 11) is 0. The Bertz CT molecular complexity index is 1050. The van der Waals surface area contributed by atoms with Gasteiger partial charge in [-0.1, -0.05) is 17.7 Å². The molecule has 1 aromatic heterocycles. The first-order valence-corrected chi connectivity index (χ1v) is 8.76. The first-order valence-electron chi connectivity index (χ1n) is 8.38. The van der Waals surface area contributed by atoms with Crippen molar-refractivity contribution in [3.8, 4) is 0 Å². The summed E-state index contributed by atoms with van der Waals surface area (Å²) in [4.78, 5) is 11.2. The molecule has 0 unspecified atom stereocenters. The van der Waals surface area contributed by atoms with E-state index in [1.54, 1.807) is 6.07 Å². The zero-order valence-corrected chi connectivity index (χ0v) is 14.7. The molecule has 0 radical (unpaired) electrons. The van der Waals surface area contributed by atoms with Gasteiger partial charge in [0.1, 0.15) is 11.3 Å². The molecule has 0 spiro atoms. The minimum atomic E-state index is -4.53. The predicted molar refractivity (Wildman–Crippen MR) is 94.4 cm³/mol. The monoisotopic (exact) mass is 394 g/mol. The van der Waals surface area contributed by atoms with Gasteiger partial charge in [0, 0.05) is 22.4 Å². The first kappa shape index (κ1) is 17.9. The Morgan fingerprint density at radius 2 is 1.93 bits per heavy atom. The van der Waals surface area contributed by atoms with Gasteiger partial charge in [0.2, 0.25) is 0 Å². The Kier molecular flexibility index (Phi) is 4.18. The number of halogens is 4. The van der Waals surface area contributed by atoms with E-state index in [4.69, 9.17) is 21.1 Å². The Morgan fingerprint density at radius 3 is 2.56 bits per heavy atom. The summed E-state index contributed by atoms with van der Waals surface area (Å²) in [6.45, 7) is 0. The molecule has 1 N–H and O–H groups in total. The molecule has 1 heterocycles. The molecule has 1 aliphatic rings. The highest BCUT2D eigenvalue weighted by Gasteiger charge is 2.35. The average molecular weight is 395 g/mol. The lowest BCUT2D eigenvalue weighted by molar-refractivity contribution is -0.138. The predicted octanol–water partition coefficient (Wildman–Crippen LogP) is 6.27. The van der Waals surface area contributed by atoms with E-state index < -0.39 is 17.7 Å². The van der Waals surface area contributed by atoms with Crippen LogP contribution in [0.1, 0.15) is 51.6 Å². The van der Waals surface area contributed by atoms with Crippen LogP contribution in [0.3, 0.4) is 0 Å². The van der Waals surface area contributed by atoms with Crippen LogP contribution >= 0.6 is 11.6 Å². The van der Waals surface area contributed by atoms with Crippen LogP contribution in [0.2, 0.25) is 5.02 Å². The molecule has 0 amide bonds. The smallest absolute Gasteiger partial charge is 0.416 e. The molecule has 0 atom stereocenters. The van der Waals surface area contributed by atoms with Crippen molar-refractivity contribution in [3.63, 3.8) is 0 Å². The van der Waals surface area contributed by atoms with E-state index in [-0.39, 0.29) is 28.5 Å². The Balaban J connectivity index is 1.83. The van der Waals surface area contributed by atoms with E-state index in [0.29, 0.717) is 11.3 Å². The highest BCUT2D eigenvalue weighted by Crippen LogP contribution is 2.47. The van der Waals surface area contributed by atoms with Gasteiger partial charge in [0.15, 0.2) is 0 Å². The third-order valence-electron chi connectivity index (χ3n) is 4.77. The summed E-state index contributed by atoms with van der Waals surface area (Å²) in [5.41, 5.74) is 0.627. The molecule has 140 valence electrons. The number of carboxylic acid groups (broad SMARTS) is 1. The highest BCUT2D eigenvalue weighted by atomic mass is 35.5. The van der Waals surface area contributed by atoms with E-state index in [1.165, 1.54) is 24.3 Å². The van der Waals surface area contributed by atoms with Crippen LogP contribution < -0.4 is 0 Å². The quantitative estimate of drug-likeness (QED) is 0.567. The second-order valence-corrected chi connectivity index (χ2v) is 7.14. The molecule has 3 aromatic rings. The maximum atomic E-state index is 13.4. The van der Waals surface area contributed by atoms with Crippen LogP contribution in [0, 0.1) is 0 Å². The van der Waals surface area contributed by atoms with E-state index in [2.05, 4.69) is 0 Å². The molecule has 1 fully saturated rings. The van der Waals surface area contributed by atoms with Gasteiger partial charge in [0.05, 0.1) is 11.1 Å². The summed E-state index contributed by atoms with van der Waals surface area (Å²) >= 11 is 5.75. The van der Waals surface area contributed by atoms with Crippen LogP contribution in [0.15, 0.2) is 40.8 Å². The third kappa shape index (κ3) is 3.41. The van der Waals surface area contributed by atoms with E-state index >= 15 is 0 Å². The van der Waals surface area contributed by atoms with Crippen molar-refractivity contribution in [2.75, 3.05) is 0 Å². The topological polar surface area (TPSA) is 50.4 Å². The molecule has 7 heteroatoms. The van der Waals surface area contributed by atoms with Crippen LogP contribution in [-0.2, 0) is 12.6 Å². The molecule has 4 rings (SSSR count). The fourth-order valence-corrected chi connectivity index (χ4v) is 3.56. The van der Waals surface area contributed by atoms with E-state index in [0.717, 1.165) is 29.9 Å². The number of hydrogen-bond acceptors (Lipinski definition) is 2. The fourth-order valence-electron chi connectivity index (χ4n) is 3.39. The molecule has 0 aliphatic heterocycles. The van der Waals surface area contributed by atoms with Crippen LogP contribution in [0.25, 0.3) is 11.0 Å². The lowest BCUT2D eigenvalue weighted by Crippen LogP contribution is -2.09. The lowest BCUT2D eigenvalue weighted by atomic mass is 9.98. The third-order valence-corrected chi connectivity index (χ3v) is 5.00. The molecular weight excluding hydrogens is 381 g/mol. The zero-order chi connectivity index (χ0) is 19.3. The molecule has 1 saturated carbocycles. The van der Waals surface area contributed by atoms with Crippen molar-refractivity contribution in [2.45, 2.75) is 31.4 Å². The van der Waals surface area contributed by atoms with Gasteiger partial charge in [-0.2, -0.15) is 13.2 Å². The minimum absolute atomic E-state index is 0.0178. The van der Waals surface area contributed by atoms with E-state index in [9.17, 15) is 18.0 Å². The summed E-state index contributed by atoms with van der Waals surface area (Å²) in [6, 6.07) is 8.27. The SMILES string of the molecule is O=C(O)c1ccc2c(C3CC3)c(Cc3ccc(Cl)cc3C(F)(F)F)oc2c1. The van der Waals surface area contributed by atoms with Crippen molar-refractivity contribution >= 4 is 28.5 Å². The number of alkyl halides is 3. The lowest BCUT2D eigenvalue weighted by Gasteiger charge is -2.13. The summed E-state index contributed by atoms with van der Waals surface area (Å²) in [6.07, 6.45) is -2.68. The van der Waals surface area contributed by atoms with Crippen molar-refractivity contribution in [2.24, 2.45) is 0 Å². The molecular formula is C20H14ClF3O3. The van der Waals surface area contributed by atoms with Crippen LogP contribution in [0.5, 0.6) is 0 Å². The highest BCUT2D eigenvalue weighted by molar-refractivity contribution is 6.30. The average Bonchev–Trinajstić information content (AvgIpc) is 3.36. The number of carboxylic acids is 1. The Hall–Kier alpha value is -2.47. The van der Waals surface area contributed by atoms with Crippen molar-refractivity contribution in [3.05, 3.63) is 69.4 Å². The molecule has 2 aromatic carbocycles. The van der Waals surface area contributed by atoms with Gasteiger partial charge in [0.25, 0.3) is 0 Å². The number of carbonyl (C=O) groups is 1. The van der Waals surface area contributed by atoms with Gasteiger partial charge in [-0.3, -0.25) is 0 Å². The van der Waals surface area contributed by atoms with Gasteiger partial charge in [-0.25, -0.2) is 4.79 Å².